The lowest BCUT2D eigenvalue weighted by Crippen LogP contribution is -2.18. The Morgan fingerprint density at radius 2 is 1.12 bits per heavy atom. The molecule has 0 aliphatic carbocycles. The van der Waals surface area contributed by atoms with Gasteiger partial charge in [0.25, 0.3) is 0 Å². The second-order valence-corrected chi connectivity index (χ2v) is 6.09. The zero-order chi connectivity index (χ0) is 17.3. The smallest absolute Gasteiger partial charge is 0.120 e. The first-order chi connectivity index (χ1) is 12.3. The highest BCUT2D eigenvalue weighted by Gasteiger charge is 2.07. The molecule has 4 heteroatoms. The maximum atomic E-state index is 10.2. The summed E-state index contributed by atoms with van der Waals surface area (Å²) in [6.07, 6.45) is 0. The van der Waals surface area contributed by atoms with Gasteiger partial charge in [0.15, 0.2) is 0 Å². The molecule has 0 saturated carbocycles. The van der Waals surface area contributed by atoms with Crippen molar-refractivity contribution in [2.45, 2.75) is 26.2 Å². The van der Waals surface area contributed by atoms with E-state index in [1.54, 1.807) is 6.07 Å². The van der Waals surface area contributed by atoms with Crippen molar-refractivity contribution in [1.29, 1.82) is 0 Å². The standard InChI is InChI=1S/C22H24N2O.ClH/c25-22-13-7-12-20(16-23-14-18-8-3-1-4-9-18)21(22)17-24-15-19-10-5-2-6-11-19;/h1-13,23-25H,14-17H2;1H. The number of phenols is 1. The first-order valence-corrected chi connectivity index (χ1v) is 8.62. The van der Waals surface area contributed by atoms with E-state index >= 15 is 0 Å². The molecule has 0 heterocycles. The maximum absolute atomic E-state index is 10.2. The molecule has 0 spiro atoms. The summed E-state index contributed by atoms with van der Waals surface area (Å²) in [6.45, 7) is 2.97. The molecule has 0 unspecified atom stereocenters. The quantitative estimate of drug-likeness (QED) is 0.552. The fourth-order valence-corrected chi connectivity index (χ4v) is 2.86. The van der Waals surface area contributed by atoms with E-state index in [1.165, 1.54) is 11.1 Å². The predicted molar refractivity (Wildman–Crippen MR) is 109 cm³/mol. The normalized spacial score (nSPS) is 10.3. The minimum Gasteiger partial charge on any atom is -0.508 e. The van der Waals surface area contributed by atoms with Gasteiger partial charge in [-0.15, -0.1) is 12.4 Å². The summed E-state index contributed by atoms with van der Waals surface area (Å²) < 4.78 is 0. The van der Waals surface area contributed by atoms with Crippen LogP contribution < -0.4 is 10.6 Å². The summed E-state index contributed by atoms with van der Waals surface area (Å²) in [5, 5.41) is 17.1. The van der Waals surface area contributed by atoms with E-state index in [2.05, 4.69) is 41.0 Å². The highest BCUT2D eigenvalue weighted by Crippen LogP contribution is 2.21. The monoisotopic (exact) mass is 368 g/mol. The lowest BCUT2D eigenvalue weighted by Gasteiger charge is -2.13. The number of nitrogens with one attached hydrogen (secondary N) is 2. The second-order valence-electron chi connectivity index (χ2n) is 6.09. The molecule has 3 rings (SSSR count). The fourth-order valence-electron chi connectivity index (χ4n) is 2.86. The summed E-state index contributed by atoms with van der Waals surface area (Å²) in [5.41, 5.74) is 4.57. The first-order valence-electron chi connectivity index (χ1n) is 8.62. The van der Waals surface area contributed by atoms with Gasteiger partial charge in [0, 0.05) is 31.7 Å². The van der Waals surface area contributed by atoms with Crippen LogP contribution in [-0.4, -0.2) is 5.11 Å². The number of rotatable bonds is 8. The highest BCUT2D eigenvalue weighted by molar-refractivity contribution is 5.85. The van der Waals surface area contributed by atoms with Gasteiger partial charge in [0.05, 0.1) is 0 Å². The van der Waals surface area contributed by atoms with E-state index in [0.29, 0.717) is 12.3 Å². The molecule has 0 aliphatic rings. The molecule has 0 saturated heterocycles. The van der Waals surface area contributed by atoms with E-state index in [1.807, 2.05) is 42.5 Å². The number of aromatic hydroxyl groups is 1. The van der Waals surface area contributed by atoms with Crippen molar-refractivity contribution in [1.82, 2.24) is 10.6 Å². The summed E-state index contributed by atoms with van der Waals surface area (Å²) in [6, 6.07) is 26.3. The Bertz CT molecular complexity index is 779. The van der Waals surface area contributed by atoms with E-state index in [0.717, 1.165) is 30.8 Å². The van der Waals surface area contributed by atoms with Gasteiger partial charge in [-0.25, -0.2) is 0 Å². The van der Waals surface area contributed by atoms with Crippen LogP contribution in [0.1, 0.15) is 22.3 Å². The van der Waals surface area contributed by atoms with Crippen molar-refractivity contribution in [2.75, 3.05) is 0 Å². The number of halogens is 1. The Kier molecular flexibility index (Phi) is 8.16. The van der Waals surface area contributed by atoms with Crippen LogP contribution in [0.4, 0.5) is 0 Å². The number of hydrogen-bond acceptors (Lipinski definition) is 3. The molecule has 3 aromatic carbocycles. The Balaban J connectivity index is 0.00000243. The van der Waals surface area contributed by atoms with Crippen molar-refractivity contribution in [2.24, 2.45) is 0 Å². The molecule has 3 aromatic rings. The second kappa shape index (κ2) is 10.6. The molecule has 0 radical (unpaired) electrons. The van der Waals surface area contributed by atoms with Gasteiger partial charge >= 0.3 is 0 Å². The van der Waals surface area contributed by atoms with Gasteiger partial charge in [-0.1, -0.05) is 72.8 Å². The van der Waals surface area contributed by atoms with Crippen LogP contribution in [0.3, 0.4) is 0 Å². The van der Waals surface area contributed by atoms with E-state index in [4.69, 9.17) is 0 Å². The van der Waals surface area contributed by atoms with E-state index in [-0.39, 0.29) is 12.4 Å². The first kappa shape index (κ1) is 20.0. The molecule has 3 nitrogen and oxygen atoms in total. The van der Waals surface area contributed by atoms with Gasteiger partial charge < -0.3 is 15.7 Å². The van der Waals surface area contributed by atoms with Crippen molar-refractivity contribution in [3.63, 3.8) is 0 Å². The predicted octanol–water partition coefficient (Wildman–Crippen LogP) is 4.39. The van der Waals surface area contributed by atoms with Crippen molar-refractivity contribution in [3.05, 3.63) is 101 Å². The van der Waals surface area contributed by atoms with Crippen molar-refractivity contribution in [3.8, 4) is 5.75 Å². The largest absolute Gasteiger partial charge is 0.508 e. The van der Waals surface area contributed by atoms with Gasteiger partial charge in [-0.2, -0.15) is 0 Å². The average Bonchev–Trinajstić information content (AvgIpc) is 2.65. The van der Waals surface area contributed by atoms with Crippen molar-refractivity contribution >= 4 is 12.4 Å². The lowest BCUT2D eigenvalue weighted by molar-refractivity contribution is 0.462. The molecule has 0 bridgehead atoms. The van der Waals surface area contributed by atoms with Crippen LogP contribution in [-0.2, 0) is 26.2 Å². The Morgan fingerprint density at radius 3 is 1.69 bits per heavy atom. The van der Waals surface area contributed by atoms with E-state index in [9.17, 15) is 5.11 Å². The summed E-state index contributed by atoms with van der Waals surface area (Å²) in [4.78, 5) is 0. The van der Waals surface area contributed by atoms with Gasteiger partial charge in [-0.05, 0) is 22.8 Å². The maximum Gasteiger partial charge on any atom is 0.120 e. The van der Waals surface area contributed by atoms with Gasteiger partial charge in [0.2, 0.25) is 0 Å². The number of hydrogen-bond donors (Lipinski definition) is 3. The molecule has 136 valence electrons. The molecule has 0 amide bonds. The van der Waals surface area contributed by atoms with Crippen LogP contribution in [0.15, 0.2) is 78.9 Å². The Morgan fingerprint density at radius 1 is 0.577 bits per heavy atom. The molecule has 0 aromatic heterocycles. The van der Waals surface area contributed by atoms with E-state index < -0.39 is 0 Å². The average molecular weight is 369 g/mol. The fraction of sp³-hybridized carbons (Fsp3) is 0.182. The Labute approximate surface area is 161 Å². The van der Waals surface area contributed by atoms with Gasteiger partial charge in [0.1, 0.15) is 5.75 Å². The minimum atomic E-state index is 0. The third-order valence-electron chi connectivity index (χ3n) is 4.21. The topological polar surface area (TPSA) is 44.3 Å². The third kappa shape index (κ3) is 5.88. The number of benzene rings is 3. The van der Waals surface area contributed by atoms with Crippen LogP contribution >= 0.6 is 12.4 Å². The molecular weight excluding hydrogens is 344 g/mol. The summed E-state index contributed by atoms with van der Waals surface area (Å²) in [7, 11) is 0. The zero-order valence-corrected chi connectivity index (χ0v) is 15.5. The molecule has 0 fully saturated rings. The molecule has 26 heavy (non-hydrogen) atoms. The van der Waals surface area contributed by atoms with Crippen LogP contribution in [0.25, 0.3) is 0 Å². The molecule has 0 aliphatic heterocycles. The Hall–Kier alpha value is -2.33. The minimum absolute atomic E-state index is 0. The highest BCUT2D eigenvalue weighted by atomic mass is 35.5. The van der Waals surface area contributed by atoms with Gasteiger partial charge in [-0.3, -0.25) is 0 Å². The molecule has 0 atom stereocenters. The molecule has 3 N–H and O–H groups in total. The summed E-state index contributed by atoms with van der Waals surface area (Å²) in [5.74, 6) is 0.347. The number of phenolic OH excluding ortho intramolecular Hbond substituents is 1. The molecular formula is C22H25ClN2O. The SMILES string of the molecule is Cl.Oc1cccc(CNCc2ccccc2)c1CNCc1ccccc1. The summed E-state index contributed by atoms with van der Waals surface area (Å²) >= 11 is 0. The third-order valence-corrected chi connectivity index (χ3v) is 4.21. The zero-order valence-electron chi connectivity index (χ0n) is 14.7. The lowest BCUT2D eigenvalue weighted by atomic mass is 10.1. The van der Waals surface area contributed by atoms with Crippen LogP contribution in [0.2, 0.25) is 0 Å². The van der Waals surface area contributed by atoms with Crippen molar-refractivity contribution < 1.29 is 5.11 Å². The van der Waals surface area contributed by atoms with Crippen LogP contribution in [0, 0.1) is 0 Å². The van der Waals surface area contributed by atoms with Crippen LogP contribution in [0.5, 0.6) is 5.75 Å².